The molecule has 0 saturated carbocycles. The van der Waals surface area contributed by atoms with Gasteiger partial charge in [-0.1, -0.05) is 12.8 Å². The summed E-state index contributed by atoms with van der Waals surface area (Å²) in [4.78, 5) is 14.5. The van der Waals surface area contributed by atoms with Gasteiger partial charge in [-0.05, 0) is 25.7 Å². The molecular weight excluding hydrogens is 276 g/mol. The van der Waals surface area contributed by atoms with Crippen LogP contribution in [0, 0.1) is 0 Å². The molecule has 2 aromatic rings. The Kier molecular flexibility index (Phi) is 3.60. The van der Waals surface area contributed by atoms with E-state index in [0.717, 1.165) is 49.0 Å². The first-order chi connectivity index (χ1) is 10.8. The van der Waals surface area contributed by atoms with Crippen LogP contribution < -0.4 is 9.80 Å². The van der Waals surface area contributed by atoms with Crippen molar-refractivity contribution in [2.24, 2.45) is 7.05 Å². The molecule has 0 aliphatic carbocycles. The summed E-state index contributed by atoms with van der Waals surface area (Å²) < 4.78 is 1.87. The molecule has 0 bridgehead atoms. The van der Waals surface area contributed by atoms with E-state index in [1.807, 2.05) is 17.9 Å². The molecule has 4 heterocycles. The number of aromatic nitrogens is 4. The van der Waals surface area contributed by atoms with Gasteiger partial charge in [0.05, 0.1) is 11.6 Å². The summed E-state index contributed by atoms with van der Waals surface area (Å²) in [6.07, 6.45) is 9.55. The third-order valence-corrected chi connectivity index (χ3v) is 4.85. The number of hydrogen-bond donors (Lipinski definition) is 0. The Labute approximate surface area is 131 Å². The van der Waals surface area contributed by atoms with Gasteiger partial charge < -0.3 is 9.80 Å². The predicted octanol–water partition coefficient (Wildman–Crippen LogP) is 2.34. The van der Waals surface area contributed by atoms with Gasteiger partial charge in [0.2, 0.25) is 5.95 Å². The van der Waals surface area contributed by atoms with Crippen molar-refractivity contribution in [3.8, 4) is 0 Å². The lowest BCUT2D eigenvalue weighted by atomic mass is 10.2. The molecule has 2 aliphatic heterocycles. The number of hydrogen-bond acceptors (Lipinski definition) is 5. The van der Waals surface area contributed by atoms with Gasteiger partial charge >= 0.3 is 0 Å². The van der Waals surface area contributed by atoms with E-state index in [4.69, 9.17) is 9.97 Å². The number of fused-ring (bicyclic) bond motifs is 1. The molecule has 6 heteroatoms. The molecule has 2 fully saturated rings. The Morgan fingerprint density at radius 3 is 2.18 bits per heavy atom. The van der Waals surface area contributed by atoms with Crippen molar-refractivity contribution in [2.75, 3.05) is 36.0 Å². The summed E-state index contributed by atoms with van der Waals surface area (Å²) >= 11 is 0. The second-order valence-electron chi connectivity index (χ2n) is 6.45. The van der Waals surface area contributed by atoms with Gasteiger partial charge in [0.1, 0.15) is 5.82 Å². The summed E-state index contributed by atoms with van der Waals surface area (Å²) in [5, 5.41) is 5.49. The lowest BCUT2D eigenvalue weighted by Gasteiger charge is -2.23. The highest BCUT2D eigenvalue weighted by atomic mass is 15.3. The molecule has 22 heavy (non-hydrogen) atoms. The maximum atomic E-state index is 4.95. The molecule has 2 aromatic heterocycles. The van der Waals surface area contributed by atoms with Gasteiger partial charge in [-0.3, -0.25) is 4.68 Å². The molecular formula is C16H24N6. The third kappa shape index (κ3) is 2.40. The van der Waals surface area contributed by atoms with E-state index >= 15 is 0 Å². The van der Waals surface area contributed by atoms with E-state index in [2.05, 4.69) is 14.9 Å². The monoisotopic (exact) mass is 300 g/mol. The molecule has 2 saturated heterocycles. The van der Waals surface area contributed by atoms with Crippen molar-refractivity contribution in [1.29, 1.82) is 0 Å². The SMILES string of the molecule is Cn1ncc2c(N3CCCC3)nc(N3CCCCCC3)nc21. The Morgan fingerprint density at radius 2 is 1.45 bits per heavy atom. The van der Waals surface area contributed by atoms with Crippen LogP contribution in [0.15, 0.2) is 6.20 Å². The zero-order chi connectivity index (χ0) is 14.9. The van der Waals surface area contributed by atoms with E-state index in [0.29, 0.717) is 0 Å². The van der Waals surface area contributed by atoms with Crippen molar-refractivity contribution in [3.63, 3.8) is 0 Å². The highest BCUT2D eigenvalue weighted by molar-refractivity contribution is 5.88. The molecule has 4 rings (SSSR count). The minimum atomic E-state index is 0.889. The maximum absolute atomic E-state index is 4.95. The topological polar surface area (TPSA) is 50.1 Å². The maximum Gasteiger partial charge on any atom is 0.229 e. The Hall–Kier alpha value is -1.85. The molecule has 2 aliphatic rings. The molecule has 0 unspecified atom stereocenters. The van der Waals surface area contributed by atoms with Crippen LogP contribution in [0.2, 0.25) is 0 Å². The van der Waals surface area contributed by atoms with Crippen molar-refractivity contribution in [3.05, 3.63) is 6.20 Å². The van der Waals surface area contributed by atoms with E-state index in [-0.39, 0.29) is 0 Å². The zero-order valence-electron chi connectivity index (χ0n) is 13.3. The minimum absolute atomic E-state index is 0.889. The minimum Gasteiger partial charge on any atom is -0.356 e. The van der Waals surface area contributed by atoms with Crippen molar-refractivity contribution in [1.82, 2.24) is 19.7 Å². The lowest BCUT2D eigenvalue weighted by molar-refractivity contribution is 0.726. The van der Waals surface area contributed by atoms with Crippen molar-refractivity contribution in [2.45, 2.75) is 38.5 Å². The predicted molar refractivity (Wildman–Crippen MR) is 88.4 cm³/mol. The second kappa shape index (κ2) is 5.74. The van der Waals surface area contributed by atoms with Gasteiger partial charge in [-0.25, -0.2) is 0 Å². The van der Waals surface area contributed by atoms with Crippen LogP contribution in [0.5, 0.6) is 0 Å². The summed E-state index contributed by atoms with van der Waals surface area (Å²) in [7, 11) is 1.97. The summed E-state index contributed by atoms with van der Waals surface area (Å²) in [6.45, 7) is 4.34. The van der Waals surface area contributed by atoms with Gasteiger partial charge in [0.15, 0.2) is 5.65 Å². The van der Waals surface area contributed by atoms with Gasteiger partial charge in [0, 0.05) is 33.2 Å². The summed E-state index contributed by atoms with van der Waals surface area (Å²) in [5.41, 5.74) is 0.955. The van der Waals surface area contributed by atoms with Crippen LogP contribution >= 0.6 is 0 Å². The highest BCUT2D eigenvalue weighted by Gasteiger charge is 2.22. The van der Waals surface area contributed by atoms with Gasteiger partial charge in [-0.15, -0.1) is 0 Å². The van der Waals surface area contributed by atoms with Gasteiger partial charge in [-0.2, -0.15) is 15.1 Å². The standard InChI is InChI=1S/C16H24N6/c1-20-14-13(12-17-20)15(21-8-6-7-9-21)19-16(18-14)22-10-4-2-3-5-11-22/h12H,2-11H2,1H3. The van der Waals surface area contributed by atoms with E-state index in [1.165, 1.54) is 38.5 Å². The third-order valence-electron chi connectivity index (χ3n) is 4.85. The quantitative estimate of drug-likeness (QED) is 0.852. The number of aryl methyl sites for hydroxylation is 1. The second-order valence-corrected chi connectivity index (χ2v) is 6.45. The van der Waals surface area contributed by atoms with E-state index in [1.54, 1.807) is 0 Å². The van der Waals surface area contributed by atoms with Gasteiger partial charge in [0.25, 0.3) is 0 Å². The fraction of sp³-hybridized carbons (Fsp3) is 0.688. The average Bonchev–Trinajstić information content (AvgIpc) is 3.10. The van der Waals surface area contributed by atoms with Crippen molar-refractivity contribution < 1.29 is 0 Å². The largest absolute Gasteiger partial charge is 0.356 e. The smallest absolute Gasteiger partial charge is 0.229 e. The number of rotatable bonds is 2. The Bertz CT molecular complexity index is 650. The number of anilines is 2. The molecule has 0 aromatic carbocycles. The summed E-state index contributed by atoms with van der Waals surface area (Å²) in [6, 6.07) is 0. The van der Waals surface area contributed by atoms with E-state index in [9.17, 15) is 0 Å². The first-order valence-electron chi connectivity index (χ1n) is 8.52. The Balaban J connectivity index is 1.79. The molecule has 0 atom stereocenters. The molecule has 0 amide bonds. The Morgan fingerprint density at radius 1 is 0.818 bits per heavy atom. The number of nitrogens with zero attached hydrogens (tertiary/aromatic N) is 6. The first kappa shape index (κ1) is 13.8. The fourth-order valence-corrected chi connectivity index (χ4v) is 3.58. The summed E-state index contributed by atoms with van der Waals surface area (Å²) in [5.74, 6) is 1.97. The fourth-order valence-electron chi connectivity index (χ4n) is 3.58. The van der Waals surface area contributed by atoms with Crippen LogP contribution in [0.3, 0.4) is 0 Å². The normalized spacial score (nSPS) is 19.9. The van der Waals surface area contributed by atoms with Crippen LogP contribution in [-0.4, -0.2) is 45.9 Å². The van der Waals surface area contributed by atoms with Crippen LogP contribution in [0.1, 0.15) is 38.5 Å². The van der Waals surface area contributed by atoms with Crippen LogP contribution in [0.4, 0.5) is 11.8 Å². The highest BCUT2D eigenvalue weighted by Crippen LogP contribution is 2.29. The molecule has 118 valence electrons. The van der Waals surface area contributed by atoms with Crippen LogP contribution in [0.25, 0.3) is 11.0 Å². The zero-order valence-corrected chi connectivity index (χ0v) is 13.3. The first-order valence-corrected chi connectivity index (χ1v) is 8.52. The van der Waals surface area contributed by atoms with E-state index < -0.39 is 0 Å². The van der Waals surface area contributed by atoms with Crippen molar-refractivity contribution >= 4 is 22.8 Å². The average molecular weight is 300 g/mol. The molecule has 0 radical (unpaired) electrons. The van der Waals surface area contributed by atoms with Crippen LogP contribution in [-0.2, 0) is 7.05 Å². The lowest BCUT2D eigenvalue weighted by Crippen LogP contribution is -2.28. The molecule has 0 spiro atoms. The molecule has 6 nitrogen and oxygen atoms in total. The molecule has 0 N–H and O–H groups in total.